The van der Waals surface area contributed by atoms with Crippen LogP contribution in [-0.4, -0.2) is 35.2 Å². The standard InChI is InChI=1S/C13H21N3O/c1-10-7-16(8-11(2)17-10)9-12-3-4-15-13(5-12)6-14/h3-5,10-11H,6-9,14H2,1-2H3. The number of rotatable bonds is 3. The Morgan fingerprint density at radius 2 is 2.12 bits per heavy atom. The normalized spacial score (nSPS) is 26.1. The smallest absolute Gasteiger partial charge is 0.0678 e. The van der Waals surface area contributed by atoms with Crippen molar-refractivity contribution in [3.63, 3.8) is 0 Å². The fraction of sp³-hybridized carbons (Fsp3) is 0.615. The molecule has 4 heteroatoms. The van der Waals surface area contributed by atoms with Crippen molar-refractivity contribution in [3.8, 4) is 0 Å². The van der Waals surface area contributed by atoms with Crippen molar-refractivity contribution in [2.75, 3.05) is 13.1 Å². The molecule has 2 N–H and O–H groups in total. The summed E-state index contributed by atoms with van der Waals surface area (Å²) >= 11 is 0. The van der Waals surface area contributed by atoms with Gasteiger partial charge in [0.1, 0.15) is 0 Å². The minimum absolute atomic E-state index is 0.314. The first kappa shape index (κ1) is 12.5. The van der Waals surface area contributed by atoms with Gasteiger partial charge in [0.25, 0.3) is 0 Å². The number of aromatic nitrogens is 1. The van der Waals surface area contributed by atoms with E-state index in [2.05, 4.69) is 35.9 Å². The summed E-state index contributed by atoms with van der Waals surface area (Å²) in [5.74, 6) is 0. The highest BCUT2D eigenvalue weighted by Crippen LogP contribution is 2.14. The van der Waals surface area contributed by atoms with Crippen LogP contribution in [0.15, 0.2) is 18.3 Å². The molecule has 0 amide bonds. The van der Waals surface area contributed by atoms with Gasteiger partial charge in [0.15, 0.2) is 0 Å². The Balaban J connectivity index is 1.99. The fourth-order valence-electron chi connectivity index (χ4n) is 2.41. The van der Waals surface area contributed by atoms with E-state index in [1.54, 1.807) is 0 Å². The topological polar surface area (TPSA) is 51.4 Å². The zero-order valence-corrected chi connectivity index (χ0v) is 10.6. The molecule has 17 heavy (non-hydrogen) atoms. The highest BCUT2D eigenvalue weighted by atomic mass is 16.5. The summed E-state index contributed by atoms with van der Waals surface area (Å²) in [6, 6.07) is 4.15. The van der Waals surface area contributed by atoms with E-state index >= 15 is 0 Å². The van der Waals surface area contributed by atoms with Gasteiger partial charge >= 0.3 is 0 Å². The van der Waals surface area contributed by atoms with Crippen molar-refractivity contribution in [2.24, 2.45) is 5.73 Å². The molecule has 2 atom stereocenters. The molecule has 0 saturated carbocycles. The molecule has 0 bridgehead atoms. The molecule has 2 unspecified atom stereocenters. The van der Waals surface area contributed by atoms with Gasteiger partial charge in [-0.2, -0.15) is 0 Å². The maximum absolute atomic E-state index is 5.72. The minimum Gasteiger partial charge on any atom is -0.373 e. The van der Waals surface area contributed by atoms with Gasteiger partial charge in [0.05, 0.1) is 17.9 Å². The summed E-state index contributed by atoms with van der Waals surface area (Å²) in [5, 5.41) is 0. The van der Waals surface area contributed by atoms with Crippen LogP contribution in [0.3, 0.4) is 0 Å². The SMILES string of the molecule is CC1CN(Cc2ccnc(CN)c2)CC(C)O1. The first-order valence-electron chi connectivity index (χ1n) is 6.19. The third-order valence-corrected chi connectivity index (χ3v) is 2.99. The molecular formula is C13H21N3O. The lowest BCUT2D eigenvalue weighted by Crippen LogP contribution is -2.44. The molecular weight excluding hydrogens is 214 g/mol. The number of pyridine rings is 1. The number of ether oxygens (including phenoxy) is 1. The average Bonchev–Trinajstić information content (AvgIpc) is 2.28. The van der Waals surface area contributed by atoms with Crippen molar-refractivity contribution < 1.29 is 4.74 Å². The molecule has 1 aromatic heterocycles. The Labute approximate surface area is 103 Å². The lowest BCUT2D eigenvalue weighted by Gasteiger charge is -2.35. The molecule has 1 saturated heterocycles. The van der Waals surface area contributed by atoms with Gasteiger partial charge < -0.3 is 10.5 Å². The number of morpholine rings is 1. The van der Waals surface area contributed by atoms with Crippen LogP contribution in [0, 0.1) is 0 Å². The molecule has 4 nitrogen and oxygen atoms in total. The van der Waals surface area contributed by atoms with E-state index in [1.807, 2.05) is 6.20 Å². The number of hydrogen-bond donors (Lipinski definition) is 1. The largest absolute Gasteiger partial charge is 0.373 e. The van der Waals surface area contributed by atoms with Gasteiger partial charge in [0, 0.05) is 32.4 Å². The first-order valence-corrected chi connectivity index (χ1v) is 6.19. The minimum atomic E-state index is 0.314. The molecule has 1 aliphatic rings. The second-order valence-corrected chi connectivity index (χ2v) is 4.81. The second-order valence-electron chi connectivity index (χ2n) is 4.81. The maximum Gasteiger partial charge on any atom is 0.0678 e. The molecule has 94 valence electrons. The van der Waals surface area contributed by atoms with E-state index in [9.17, 15) is 0 Å². The van der Waals surface area contributed by atoms with Crippen LogP contribution < -0.4 is 5.73 Å². The third-order valence-electron chi connectivity index (χ3n) is 2.99. The van der Waals surface area contributed by atoms with E-state index in [1.165, 1.54) is 5.56 Å². The highest BCUT2D eigenvalue weighted by Gasteiger charge is 2.21. The Bertz CT molecular complexity index is 359. The summed E-state index contributed by atoms with van der Waals surface area (Å²) in [7, 11) is 0. The fourth-order valence-corrected chi connectivity index (χ4v) is 2.41. The van der Waals surface area contributed by atoms with E-state index in [0.717, 1.165) is 25.3 Å². The van der Waals surface area contributed by atoms with Crippen LogP contribution in [-0.2, 0) is 17.8 Å². The quantitative estimate of drug-likeness (QED) is 0.854. The van der Waals surface area contributed by atoms with Gasteiger partial charge in [-0.25, -0.2) is 0 Å². The number of nitrogens with two attached hydrogens (primary N) is 1. The van der Waals surface area contributed by atoms with Crippen LogP contribution in [0.25, 0.3) is 0 Å². The third kappa shape index (κ3) is 3.49. The Hall–Kier alpha value is -0.970. The zero-order valence-electron chi connectivity index (χ0n) is 10.6. The van der Waals surface area contributed by atoms with Gasteiger partial charge in [-0.1, -0.05) is 0 Å². The van der Waals surface area contributed by atoms with Crippen LogP contribution in [0.4, 0.5) is 0 Å². The predicted molar refractivity (Wildman–Crippen MR) is 67.4 cm³/mol. The average molecular weight is 235 g/mol. The van der Waals surface area contributed by atoms with Crippen LogP contribution in [0.5, 0.6) is 0 Å². The van der Waals surface area contributed by atoms with Gasteiger partial charge in [-0.3, -0.25) is 9.88 Å². The lowest BCUT2D eigenvalue weighted by atomic mass is 10.1. The van der Waals surface area contributed by atoms with E-state index < -0.39 is 0 Å². The van der Waals surface area contributed by atoms with E-state index in [0.29, 0.717) is 18.8 Å². The van der Waals surface area contributed by atoms with Crippen molar-refractivity contribution in [1.29, 1.82) is 0 Å². The summed E-state index contributed by atoms with van der Waals surface area (Å²) in [6.45, 7) is 7.69. The lowest BCUT2D eigenvalue weighted by molar-refractivity contribution is -0.0704. The first-order chi connectivity index (χ1) is 8.17. The van der Waals surface area contributed by atoms with Crippen molar-refractivity contribution in [2.45, 2.75) is 39.1 Å². The Kier molecular flexibility index (Phi) is 4.10. The van der Waals surface area contributed by atoms with Gasteiger partial charge in [0.2, 0.25) is 0 Å². The van der Waals surface area contributed by atoms with Crippen LogP contribution in [0.2, 0.25) is 0 Å². The van der Waals surface area contributed by atoms with Crippen LogP contribution in [0.1, 0.15) is 25.1 Å². The van der Waals surface area contributed by atoms with Gasteiger partial charge in [-0.05, 0) is 31.5 Å². The summed E-state index contributed by atoms with van der Waals surface area (Å²) in [5.41, 5.74) is 7.83. The molecule has 2 heterocycles. The van der Waals surface area contributed by atoms with Crippen molar-refractivity contribution in [1.82, 2.24) is 9.88 Å². The molecule has 0 aromatic carbocycles. The highest BCUT2D eigenvalue weighted by molar-refractivity contribution is 5.16. The summed E-state index contributed by atoms with van der Waals surface area (Å²) < 4.78 is 5.72. The maximum atomic E-state index is 5.72. The van der Waals surface area contributed by atoms with Crippen molar-refractivity contribution >= 4 is 0 Å². The Morgan fingerprint density at radius 3 is 2.76 bits per heavy atom. The number of nitrogens with zero attached hydrogens (tertiary/aromatic N) is 2. The van der Waals surface area contributed by atoms with E-state index in [4.69, 9.17) is 10.5 Å². The predicted octanol–water partition coefficient (Wildman–Crippen LogP) is 1.15. The second kappa shape index (κ2) is 5.58. The monoisotopic (exact) mass is 235 g/mol. The Morgan fingerprint density at radius 1 is 1.41 bits per heavy atom. The van der Waals surface area contributed by atoms with E-state index in [-0.39, 0.29) is 0 Å². The molecule has 0 aliphatic carbocycles. The molecule has 0 spiro atoms. The van der Waals surface area contributed by atoms with Gasteiger partial charge in [-0.15, -0.1) is 0 Å². The molecule has 1 aliphatic heterocycles. The summed E-state index contributed by atoms with van der Waals surface area (Å²) in [6.07, 6.45) is 2.47. The molecule has 1 fully saturated rings. The van der Waals surface area contributed by atoms with Crippen LogP contribution >= 0.6 is 0 Å². The number of hydrogen-bond acceptors (Lipinski definition) is 4. The molecule has 2 rings (SSSR count). The summed E-state index contributed by atoms with van der Waals surface area (Å²) in [4.78, 5) is 6.64. The zero-order chi connectivity index (χ0) is 12.3. The van der Waals surface area contributed by atoms with Crippen molar-refractivity contribution in [3.05, 3.63) is 29.6 Å². The molecule has 1 aromatic rings. The molecule has 0 radical (unpaired) electrons.